The summed E-state index contributed by atoms with van der Waals surface area (Å²) in [5, 5.41) is 11.6. The number of rotatable bonds is 3. The van der Waals surface area contributed by atoms with Crippen LogP contribution < -0.4 is 5.32 Å². The summed E-state index contributed by atoms with van der Waals surface area (Å²) in [4.78, 5) is 25.1. The quantitative estimate of drug-likeness (QED) is 0.723. The van der Waals surface area contributed by atoms with Gasteiger partial charge >= 0.3 is 0 Å². The molecule has 2 amide bonds. The monoisotopic (exact) mass is 240 g/mol. The summed E-state index contributed by atoms with van der Waals surface area (Å²) in [6.45, 7) is 1.70. The van der Waals surface area contributed by atoms with Crippen molar-refractivity contribution < 1.29 is 14.7 Å². The minimum absolute atomic E-state index is 0.0210. The van der Waals surface area contributed by atoms with E-state index in [1.54, 1.807) is 0 Å². The van der Waals surface area contributed by atoms with E-state index in [0.717, 1.165) is 32.4 Å². The first-order valence-electron chi connectivity index (χ1n) is 6.39. The molecule has 2 saturated heterocycles. The molecule has 0 aromatic rings. The van der Waals surface area contributed by atoms with E-state index in [0.29, 0.717) is 18.8 Å². The Morgan fingerprint density at radius 2 is 2.29 bits per heavy atom. The molecule has 2 aliphatic heterocycles. The van der Waals surface area contributed by atoms with Crippen LogP contribution in [-0.2, 0) is 9.59 Å². The topological polar surface area (TPSA) is 69.6 Å². The Bertz CT molecular complexity index is 304. The molecule has 0 bridgehead atoms. The van der Waals surface area contributed by atoms with Crippen LogP contribution in [0, 0.1) is 5.92 Å². The van der Waals surface area contributed by atoms with Gasteiger partial charge in [-0.05, 0) is 31.6 Å². The van der Waals surface area contributed by atoms with Crippen LogP contribution in [0.1, 0.15) is 32.1 Å². The highest BCUT2D eigenvalue weighted by Crippen LogP contribution is 2.21. The third-order valence-corrected chi connectivity index (χ3v) is 3.66. The molecule has 2 rings (SSSR count). The van der Waals surface area contributed by atoms with Crippen LogP contribution in [0.25, 0.3) is 0 Å². The molecule has 2 atom stereocenters. The van der Waals surface area contributed by atoms with E-state index in [1.807, 2.05) is 4.90 Å². The number of aliphatic hydroxyl groups excluding tert-OH is 1. The van der Waals surface area contributed by atoms with Gasteiger partial charge in [0.05, 0.1) is 0 Å². The Morgan fingerprint density at radius 1 is 1.47 bits per heavy atom. The van der Waals surface area contributed by atoms with Crippen molar-refractivity contribution >= 4 is 11.8 Å². The molecular formula is C12H20N2O3. The van der Waals surface area contributed by atoms with Gasteiger partial charge in [0.1, 0.15) is 6.04 Å². The van der Waals surface area contributed by atoms with Crippen LogP contribution in [0.4, 0.5) is 0 Å². The van der Waals surface area contributed by atoms with Gasteiger partial charge in [-0.3, -0.25) is 9.59 Å². The third kappa shape index (κ3) is 2.97. The van der Waals surface area contributed by atoms with Crippen molar-refractivity contribution in [2.45, 2.75) is 38.1 Å². The minimum Gasteiger partial charge on any atom is -0.396 e. The highest BCUT2D eigenvalue weighted by Gasteiger charge is 2.32. The number of likely N-dealkylation sites (tertiary alicyclic amines) is 1. The van der Waals surface area contributed by atoms with Gasteiger partial charge in [-0.1, -0.05) is 0 Å². The Balaban J connectivity index is 1.88. The van der Waals surface area contributed by atoms with E-state index in [4.69, 9.17) is 5.11 Å². The van der Waals surface area contributed by atoms with Crippen LogP contribution in [0.5, 0.6) is 0 Å². The smallest absolute Gasteiger partial charge is 0.245 e. The maximum absolute atomic E-state index is 12.1. The average molecular weight is 240 g/mol. The highest BCUT2D eigenvalue weighted by molar-refractivity contribution is 5.90. The van der Waals surface area contributed by atoms with E-state index in [-0.39, 0.29) is 24.5 Å². The lowest BCUT2D eigenvalue weighted by atomic mass is 9.94. The van der Waals surface area contributed by atoms with Crippen molar-refractivity contribution in [3.8, 4) is 0 Å². The molecule has 0 aliphatic carbocycles. The van der Waals surface area contributed by atoms with Crippen molar-refractivity contribution in [2.75, 3.05) is 19.7 Å². The molecule has 2 heterocycles. The van der Waals surface area contributed by atoms with Gasteiger partial charge in [0.2, 0.25) is 11.8 Å². The second kappa shape index (κ2) is 5.49. The van der Waals surface area contributed by atoms with Gasteiger partial charge in [0, 0.05) is 26.1 Å². The fourth-order valence-electron chi connectivity index (χ4n) is 2.70. The molecule has 5 heteroatoms. The van der Waals surface area contributed by atoms with E-state index in [1.165, 1.54) is 0 Å². The normalized spacial score (nSPS) is 29.2. The van der Waals surface area contributed by atoms with Gasteiger partial charge in [-0.25, -0.2) is 0 Å². The predicted octanol–water partition coefficient (Wildman–Crippen LogP) is -0.114. The maximum Gasteiger partial charge on any atom is 0.245 e. The van der Waals surface area contributed by atoms with Gasteiger partial charge < -0.3 is 15.3 Å². The summed E-state index contributed by atoms with van der Waals surface area (Å²) in [5.41, 5.74) is 0. The second-order valence-electron chi connectivity index (χ2n) is 4.96. The van der Waals surface area contributed by atoms with E-state index >= 15 is 0 Å². The van der Waals surface area contributed by atoms with E-state index < -0.39 is 0 Å². The van der Waals surface area contributed by atoms with Crippen molar-refractivity contribution in [2.24, 2.45) is 5.92 Å². The Labute approximate surface area is 101 Å². The summed E-state index contributed by atoms with van der Waals surface area (Å²) in [6, 6.07) is -0.310. The van der Waals surface area contributed by atoms with Crippen LogP contribution in [0.15, 0.2) is 0 Å². The Hall–Kier alpha value is -1.10. The Kier molecular flexibility index (Phi) is 3.99. The highest BCUT2D eigenvalue weighted by atomic mass is 16.3. The van der Waals surface area contributed by atoms with Crippen LogP contribution in [0.3, 0.4) is 0 Å². The number of carbonyl (C=O) groups is 2. The zero-order valence-corrected chi connectivity index (χ0v) is 10.0. The van der Waals surface area contributed by atoms with Gasteiger partial charge in [0.15, 0.2) is 0 Å². The fourth-order valence-corrected chi connectivity index (χ4v) is 2.70. The second-order valence-corrected chi connectivity index (χ2v) is 4.96. The molecule has 5 nitrogen and oxygen atoms in total. The van der Waals surface area contributed by atoms with Gasteiger partial charge in [-0.15, -0.1) is 0 Å². The molecule has 0 spiro atoms. The Morgan fingerprint density at radius 3 is 2.94 bits per heavy atom. The molecule has 1 unspecified atom stereocenters. The number of nitrogens with one attached hydrogen (secondary N) is 1. The number of piperidine rings is 1. The largest absolute Gasteiger partial charge is 0.396 e. The fraction of sp³-hybridized carbons (Fsp3) is 0.833. The summed E-state index contributed by atoms with van der Waals surface area (Å²) in [6.07, 6.45) is 3.93. The molecule has 2 aliphatic rings. The van der Waals surface area contributed by atoms with Gasteiger partial charge in [0.25, 0.3) is 0 Å². The molecule has 0 aromatic carbocycles. The molecule has 2 N–H and O–H groups in total. The molecular weight excluding hydrogens is 220 g/mol. The maximum atomic E-state index is 12.1. The summed E-state index contributed by atoms with van der Waals surface area (Å²) >= 11 is 0. The van der Waals surface area contributed by atoms with Gasteiger partial charge in [-0.2, -0.15) is 0 Å². The van der Waals surface area contributed by atoms with Crippen molar-refractivity contribution in [3.63, 3.8) is 0 Å². The molecule has 96 valence electrons. The van der Waals surface area contributed by atoms with Crippen molar-refractivity contribution in [3.05, 3.63) is 0 Å². The summed E-state index contributed by atoms with van der Waals surface area (Å²) in [5.74, 6) is 0.445. The minimum atomic E-state index is -0.310. The SMILES string of the molecule is O=C1CC[C@H](C(=O)N2CCCC(CCO)C2)N1. The first kappa shape index (κ1) is 12.4. The summed E-state index contributed by atoms with van der Waals surface area (Å²) < 4.78 is 0. The van der Waals surface area contributed by atoms with Crippen molar-refractivity contribution in [1.82, 2.24) is 10.2 Å². The number of aliphatic hydroxyl groups is 1. The standard InChI is InChI=1S/C12H20N2O3/c15-7-5-9-2-1-6-14(8-9)12(17)10-3-4-11(16)13-10/h9-10,15H,1-8H2,(H,13,16)/t9?,10-/m1/s1. The zero-order valence-electron chi connectivity index (χ0n) is 10.0. The number of hydrogen-bond acceptors (Lipinski definition) is 3. The third-order valence-electron chi connectivity index (χ3n) is 3.66. The average Bonchev–Trinajstić information content (AvgIpc) is 2.76. The number of nitrogens with zero attached hydrogens (tertiary/aromatic N) is 1. The van der Waals surface area contributed by atoms with E-state index in [9.17, 15) is 9.59 Å². The van der Waals surface area contributed by atoms with Crippen LogP contribution in [0.2, 0.25) is 0 Å². The molecule has 17 heavy (non-hydrogen) atoms. The number of amides is 2. The molecule has 0 aromatic heterocycles. The lowest BCUT2D eigenvalue weighted by Gasteiger charge is -2.34. The summed E-state index contributed by atoms with van der Waals surface area (Å²) in [7, 11) is 0. The van der Waals surface area contributed by atoms with Crippen molar-refractivity contribution in [1.29, 1.82) is 0 Å². The molecule has 0 radical (unpaired) electrons. The lowest BCUT2D eigenvalue weighted by Crippen LogP contribution is -2.48. The van der Waals surface area contributed by atoms with Crippen LogP contribution in [-0.4, -0.2) is 47.6 Å². The number of carbonyl (C=O) groups excluding carboxylic acids is 2. The van der Waals surface area contributed by atoms with Crippen LogP contribution >= 0.6 is 0 Å². The zero-order chi connectivity index (χ0) is 12.3. The van der Waals surface area contributed by atoms with E-state index in [2.05, 4.69) is 5.32 Å². The first-order valence-corrected chi connectivity index (χ1v) is 6.39. The molecule has 2 fully saturated rings. The predicted molar refractivity (Wildman–Crippen MR) is 62.2 cm³/mol. The number of hydrogen-bond donors (Lipinski definition) is 2. The molecule has 0 saturated carbocycles. The lowest BCUT2D eigenvalue weighted by molar-refractivity contribution is -0.136. The first-order chi connectivity index (χ1) is 8.20.